The van der Waals surface area contributed by atoms with Crippen molar-refractivity contribution in [1.29, 1.82) is 0 Å². The maximum absolute atomic E-state index is 5.89. The third kappa shape index (κ3) is 4.22. The van der Waals surface area contributed by atoms with Gasteiger partial charge >= 0.3 is 0 Å². The molecule has 0 aliphatic heterocycles. The second-order valence-electron chi connectivity index (χ2n) is 5.54. The summed E-state index contributed by atoms with van der Waals surface area (Å²) in [7, 11) is 0. The van der Waals surface area contributed by atoms with Crippen LogP contribution in [0, 0.1) is 6.92 Å². The van der Waals surface area contributed by atoms with E-state index in [9.17, 15) is 0 Å². The average Bonchev–Trinajstić information content (AvgIpc) is 2.45. The molecule has 0 aliphatic carbocycles. The van der Waals surface area contributed by atoms with Gasteiger partial charge in [-0.2, -0.15) is 0 Å². The van der Waals surface area contributed by atoms with Crippen molar-refractivity contribution in [3.63, 3.8) is 0 Å². The molecule has 1 aromatic carbocycles. The highest BCUT2D eigenvalue weighted by molar-refractivity contribution is 5.38. The summed E-state index contributed by atoms with van der Waals surface area (Å²) in [6.07, 6.45) is 1.81. The fourth-order valence-electron chi connectivity index (χ4n) is 2.39. The molecule has 112 valence electrons. The molecular weight excluding hydrogens is 260 g/mol. The first-order chi connectivity index (χ1) is 10.1. The van der Waals surface area contributed by atoms with E-state index in [2.05, 4.69) is 56.2 Å². The van der Waals surface area contributed by atoms with Gasteiger partial charge in [0.2, 0.25) is 0 Å². The van der Waals surface area contributed by atoms with Crippen LogP contribution < -0.4 is 10.1 Å². The van der Waals surface area contributed by atoms with Crippen molar-refractivity contribution >= 4 is 5.82 Å². The van der Waals surface area contributed by atoms with Crippen LogP contribution in [0.4, 0.5) is 5.82 Å². The molecule has 0 fully saturated rings. The zero-order valence-corrected chi connectivity index (χ0v) is 13.3. The minimum Gasteiger partial charge on any atom is -0.489 e. The van der Waals surface area contributed by atoms with Gasteiger partial charge in [0.25, 0.3) is 0 Å². The molecule has 0 bridgehead atoms. The summed E-state index contributed by atoms with van der Waals surface area (Å²) < 4.78 is 5.89. The van der Waals surface area contributed by atoms with Crippen molar-refractivity contribution in [1.82, 2.24) is 4.98 Å². The first kappa shape index (κ1) is 15.4. The van der Waals surface area contributed by atoms with Crippen molar-refractivity contribution in [3.8, 4) is 5.75 Å². The molecule has 0 saturated carbocycles. The van der Waals surface area contributed by atoms with E-state index in [0.29, 0.717) is 12.5 Å². The second kappa shape index (κ2) is 7.11. The van der Waals surface area contributed by atoms with Gasteiger partial charge in [-0.05, 0) is 60.7 Å². The zero-order chi connectivity index (χ0) is 15.2. The number of anilines is 1. The van der Waals surface area contributed by atoms with Crippen LogP contribution in [-0.2, 0) is 6.61 Å². The van der Waals surface area contributed by atoms with Gasteiger partial charge in [-0.3, -0.25) is 0 Å². The van der Waals surface area contributed by atoms with Gasteiger partial charge in [0, 0.05) is 12.7 Å². The van der Waals surface area contributed by atoms with Crippen LogP contribution in [0.5, 0.6) is 5.75 Å². The summed E-state index contributed by atoms with van der Waals surface area (Å²) in [6.45, 7) is 10.0. The summed E-state index contributed by atoms with van der Waals surface area (Å²) >= 11 is 0. The molecule has 0 aliphatic rings. The van der Waals surface area contributed by atoms with E-state index < -0.39 is 0 Å². The second-order valence-corrected chi connectivity index (χ2v) is 5.54. The number of pyridine rings is 1. The van der Waals surface area contributed by atoms with Crippen molar-refractivity contribution in [2.45, 2.75) is 40.2 Å². The van der Waals surface area contributed by atoms with Crippen LogP contribution >= 0.6 is 0 Å². The summed E-state index contributed by atoms with van der Waals surface area (Å²) in [5.41, 5.74) is 3.78. The zero-order valence-electron chi connectivity index (χ0n) is 13.3. The summed E-state index contributed by atoms with van der Waals surface area (Å²) in [5, 5.41) is 3.21. The molecule has 0 unspecified atom stereocenters. The molecule has 3 nitrogen and oxygen atoms in total. The van der Waals surface area contributed by atoms with E-state index in [1.807, 2.05) is 18.3 Å². The number of benzene rings is 1. The maximum atomic E-state index is 5.89. The average molecular weight is 284 g/mol. The fraction of sp³-hybridized carbons (Fsp3) is 0.389. The summed E-state index contributed by atoms with van der Waals surface area (Å²) in [4.78, 5) is 4.26. The number of rotatable bonds is 6. The Bertz CT molecular complexity index is 594. The first-order valence-corrected chi connectivity index (χ1v) is 7.52. The van der Waals surface area contributed by atoms with E-state index in [1.54, 1.807) is 0 Å². The van der Waals surface area contributed by atoms with Gasteiger partial charge in [-0.1, -0.05) is 19.9 Å². The van der Waals surface area contributed by atoms with Crippen molar-refractivity contribution < 1.29 is 4.74 Å². The van der Waals surface area contributed by atoms with Crippen LogP contribution in [0.2, 0.25) is 0 Å². The van der Waals surface area contributed by atoms with Crippen LogP contribution in [0.3, 0.4) is 0 Å². The lowest BCUT2D eigenvalue weighted by atomic mass is 9.98. The third-order valence-corrected chi connectivity index (χ3v) is 3.45. The van der Waals surface area contributed by atoms with Gasteiger partial charge in [0.05, 0.1) is 0 Å². The van der Waals surface area contributed by atoms with Crippen molar-refractivity contribution in [2.75, 3.05) is 11.9 Å². The number of nitrogens with one attached hydrogen (secondary N) is 1. The molecule has 0 radical (unpaired) electrons. The number of aromatic nitrogens is 1. The van der Waals surface area contributed by atoms with Crippen molar-refractivity contribution in [2.24, 2.45) is 0 Å². The number of hydrogen-bond acceptors (Lipinski definition) is 3. The highest BCUT2D eigenvalue weighted by Crippen LogP contribution is 2.24. The van der Waals surface area contributed by atoms with E-state index in [1.165, 1.54) is 11.1 Å². The molecule has 21 heavy (non-hydrogen) atoms. The smallest absolute Gasteiger partial charge is 0.126 e. The van der Waals surface area contributed by atoms with Gasteiger partial charge in [-0.25, -0.2) is 4.98 Å². The van der Waals surface area contributed by atoms with E-state index in [0.717, 1.165) is 23.7 Å². The molecule has 1 heterocycles. The van der Waals surface area contributed by atoms with Gasteiger partial charge in [0.1, 0.15) is 18.2 Å². The normalized spacial score (nSPS) is 10.7. The molecule has 0 atom stereocenters. The maximum Gasteiger partial charge on any atom is 0.126 e. The van der Waals surface area contributed by atoms with E-state index in [-0.39, 0.29) is 0 Å². The molecule has 0 spiro atoms. The van der Waals surface area contributed by atoms with E-state index >= 15 is 0 Å². The predicted octanol–water partition coefficient (Wildman–Crippen LogP) is 4.52. The largest absolute Gasteiger partial charge is 0.489 e. The number of hydrogen-bond donors (Lipinski definition) is 1. The van der Waals surface area contributed by atoms with Crippen LogP contribution in [0.15, 0.2) is 36.5 Å². The van der Waals surface area contributed by atoms with Crippen molar-refractivity contribution in [3.05, 3.63) is 53.2 Å². The molecule has 3 heteroatoms. The molecule has 1 aromatic heterocycles. The number of aryl methyl sites for hydroxylation is 1. The quantitative estimate of drug-likeness (QED) is 0.846. The monoisotopic (exact) mass is 284 g/mol. The van der Waals surface area contributed by atoms with Crippen LogP contribution in [0.1, 0.15) is 43.4 Å². The standard InChI is InChI=1S/C18H24N2O/c1-5-19-18-11-15(8-9-20-18)12-21-16-6-7-17(13(2)3)14(4)10-16/h6-11,13H,5,12H2,1-4H3,(H,19,20). The molecule has 2 aromatic rings. The molecule has 2 rings (SSSR count). The Balaban J connectivity index is 2.03. The summed E-state index contributed by atoms with van der Waals surface area (Å²) in [6, 6.07) is 10.3. The topological polar surface area (TPSA) is 34.1 Å². The molecular formula is C18H24N2O. The minimum absolute atomic E-state index is 0.543. The minimum atomic E-state index is 0.543. The molecule has 0 amide bonds. The predicted molar refractivity (Wildman–Crippen MR) is 88.0 cm³/mol. The Morgan fingerprint density at radius 1 is 1.19 bits per heavy atom. The Morgan fingerprint density at radius 3 is 2.67 bits per heavy atom. The first-order valence-electron chi connectivity index (χ1n) is 7.52. The highest BCUT2D eigenvalue weighted by Gasteiger charge is 2.05. The lowest BCUT2D eigenvalue weighted by Gasteiger charge is -2.13. The van der Waals surface area contributed by atoms with Gasteiger partial charge in [-0.15, -0.1) is 0 Å². The fourth-order valence-corrected chi connectivity index (χ4v) is 2.39. The lowest BCUT2D eigenvalue weighted by Crippen LogP contribution is -2.02. The van der Waals surface area contributed by atoms with E-state index in [4.69, 9.17) is 4.74 Å². The Hall–Kier alpha value is -2.03. The number of nitrogens with zero attached hydrogens (tertiary/aromatic N) is 1. The SMILES string of the molecule is CCNc1cc(COc2ccc(C(C)C)c(C)c2)ccn1. The Morgan fingerprint density at radius 2 is 2.00 bits per heavy atom. The van der Waals surface area contributed by atoms with Gasteiger partial charge in [0.15, 0.2) is 0 Å². The van der Waals surface area contributed by atoms with Crippen LogP contribution in [-0.4, -0.2) is 11.5 Å². The van der Waals surface area contributed by atoms with Gasteiger partial charge < -0.3 is 10.1 Å². The molecule has 1 N–H and O–H groups in total. The Kier molecular flexibility index (Phi) is 5.20. The highest BCUT2D eigenvalue weighted by atomic mass is 16.5. The number of ether oxygens (including phenoxy) is 1. The lowest BCUT2D eigenvalue weighted by molar-refractivity contribution is 0.306. The molecule has 0 saturated heterocycles. The Labute approximate surface area is 127 Å². The summed E-state index contributed by atoms with van der Waals surface area (Å²) in [5.74, 6) is 2.35. The van der Waals surface area contributed by atoms with Crippen LogP contribution in [0.25, 0.3) is 0 Å². The third-order valence-electron chi connectivity index (χ3n) is 3.45.